The predicted octanol–water partition coefficient (Wildman–Crippen LogP) is 33.8. The zero-order valence-electron chi connectivity index (χ0n) is 80.1. The number of hydrogen-bond acceptors (Lipinski definition) is 9. The lowest BCUT2D eigenvalue weighted by molar-refractivity contribution is 0.660. The highest BCUT2D eigenvalue weighted by Crippen LogP contribution is 2.56. The Morgan fingerprint density at radius 1 is 0.168 bits per heavy atom. The Bertz CT molecular complexity index is 8740. The van der Waals surface area contributed by atoms with Crippen molar-refractivity contribution in [1.29, 1.82) is 0 Å². The molecule has 678 valence electrons. The van der Waals surface area contributed by atoms with E-state index in [0.717, 1.165) is 118 Å². The predicted molar refractivity (Wildman–Crippen MR) is 589 cm³/mol. The van der Waals surface area contributed by atoms with E-state index in [2.05, 4.69) is 403 Å². The molecule has 0 amide bonds. The van der Waals surface area contributed by atoms with E-state index in [1.165, 1.54) is 122 Å². The number of hydrogen-bond donors (Lipinski definition) is 0. The molecule has 0 saturated carbocycles. The van der Waals surface area contributed by atoms with Gasteiger partial charge in [0.1, 0.15) is 0 Å². The van der Waals surface area contributed by atoms with Crippen LogP contribution in [0.15, 0.2) is 480 Å². The highest BCUT2D eigenvalue weighted by Gasteiger charge is 2.40. The first-order chi connectivity index (χ1) is 70.1. The summed E-state index contributed by atoms with van der Waals surface area (Å²) in [5, 5.41) is 5.25. The van der Waals surface area contributed by atoms with Gasteiger partial charge in [-0.25, -0.2) is 29.9 Å². The van der Waals surface area contributed by atoms with E-state index in [-0.39, 0.29) is 16.2 Å². The molecule has 0 saturated heterocycles. The maximum absolute atomic E-state index is 5.06. The quantitative estimate of drug-likeness (QED) is 0.0989. The third-order valence-corrected chi connectivity index (χ3v) is 29.0. The minimum absolute atomic E-state index is 0.00819. The molecule has 9 heteroatoms. The zero-order valence-corrected chi connectivity index (χ0v) is 80.1. The van der Waals surface area contributed by atoms with E-state index in [0.29, 0.717) is 17.5 Å². The fourth-order valence-corrected chi connectivity index (χ4v) is 21.3. The number of nitrogens with zero attached hydrogens (tertiary/aromatic N) is 9. The molecule has 17 aromatic carbocycles. The van der Waals surface area contributed by atoms with Gasteiger partial charge in [-0.2, -0.15) is 0 Å². The molecule has 26 rings (SSSR count). The fraction of sp³-hybridized carbons (Fsp3) is 0.0672. The van der Waals surface area contributed by atoms with Gasteiger partial charge in [0.25, 0.3) is 0 Å². The first-order valence-electron chi connectivity index (χ1n) is 48.9. The summed E-state index contributed by atoms with van der Waals surface area (Å²) in [6, 6.07) is 161. The van der Waals surface area contributed by atoms with Gasteiger partial charge in [0.05, 0.1) is 45.6 Å². The van der Waals surface area contributed by atoms with Crippen molar-refractivity contribution in [2.75, 3.05) is 0 Å². The molecule has 0 atom stereocenters. The number of fused-ring (bicyclic) bond motifs is 13. The molecule has 3 aliphatic rings. The summed E-state index contributed by atoms with van der Waals surface area (Å²) in [7, 11) is 0. The van der Waals surface area contributed by atoms with Crippen LogP contribution in [0.2, 0.25) is 0 Å². The monoisotopic (exact) mass is 1830 g/mol. The minimum Gasteiger partial charge on any atom is -0.265 e. The van der Waals surface area contributed by atoms with Gasteiger partial charge >= 0.3 is 0 Å². The van der Waals surface area contributed by atoms with Gasteiger partial charge in [0, 0.05) is 102 Å². The lowest BCUT2D eigenvalue weighted by atomic mass is 9.79. The summed E-state index contributed by atoms with van der Waals surface area (Å²) < 4.78 is 0. The smallest absolute Gasteiger partial charge is 0.160 e. The second-order valence-corrected chi connectivity index (χ2v) is 38.7. The van der Waals surface area contributed by atoms with Crippen LogP contribution in [-0.2, 0) is 16.2 Å². The molecule has 0 bridgehead atoms. The molecule has 0 fully saturated rings. The van der Waals surface area contributed by atoms with Crippen molar-refractivity contribution in [3.8, 4) is 202 Å². The van der Waals surface area contributed by atoms with Crippen LogP contribution >= 0.6 is 0 Å². The summed E-state index contributed by atoms with van der Waals surface area (Å²) in [6.07, 6.45) is 7.37. The van der Waals surface area contributed by atoms with Crippen LogP contribution in [0.5, 0.6) is 0 Å². The minimum atomic E-state index is -0.0964. The molecule has 23 aromatic rings. The normalized spacial score (nSPS) is 12.9. The molecule has 0 N–H and O–H groups in total. The van der Waals surface area contributed by atoms with Crippen molar-refractivity contribution >= 4 is 21.5 Å². The van der Waals surface area contributed by atoms with Crippen LogP contribution in [0, 0.1) is 0 Å². The fourth-order valence-electron chi connectivity index (χ4n) is 21.3. The lowest BCUT2D eigenvalue weighted by Crippen LogP contribution is -2.15. The molecule has 6 aromatic heterocycles. The van der Waals surface area contributed by atoms with Crippen molar-refractivity contribution in [1.82, 2.24) is 44.9 Å². The van der Waals surface area contributed by atoms with Crippen LogP contribution < -0.4 is 0 Å². The molecule has 0 unspecified atom stereocenters. The van der Waals surface area contributed by atoms with Gasteiger partial charge < -0.3 is 0 Å². The highest BCUT2D eigenvalue weighted by molar-refractivity contribution is 6.04. The lowest BCUT2D eigenvalue weighted by Gasteiger charge is -2.23. The van der Waals surface area contributed by atoms with Gasteiger partial charge in [-0.1, -0.05) is 424 Å². The van der Waals surface area contributed by atoms with E-state index in [9.17, 15) is 0 Å². The first kappa shape index (κ1) is 87.7. The van der Waals surface area contributed by atoms with E-state index in [4.69, 9.17) is 34.9 Å². The highest BCUT2D eigenvalue weighted by atomic mass is 14.9. The molecular formula is C134H97N9. The summed E-state index contributed by atoms with van der Waals surface area (Å²) in [5.41, 5.74) is 44.2. The van der Waals surface area contributed by atoms with Crippen molar-refractivity contribution in [3.63, 3.8) is 0 Å². The number of benzene rings is 17. The second kappa shape index (κ2) is 36.7. The number of pyridine rings is 3. The van der Waals surface area contributed by atoms with E-state index in [1.54, 1.807) is 0 Å². The van der Waals surface area contributed by atoms with E-state index >= 15 is 0 Å². The number of aromatic nitrogens is 9. The summed E-state index contributed by atoms with van der Waals surface area (Å²) in [5.74, 6) is 2.11. The van der Waals surface area contributed by atoms with Gasteiger partial charge in [0.15, 0.2) is 17.5 Å². The second-order valence-electron chi connectivity index (χ2n) is 38.7. The number of rotatable bonds is 15. The van der Waals surface area contributed by atoms with Crippen molar-refractivity contribution in [2.45, 2.75) is 57.8 Å². The Labute approximate surface area is 833 Å². The molecule has 0 aliphatic heterocycles. The molecule has 9 nitrogen and oxygen atoms in total. The van der Waals surface area contributed by atoms with Gasteiger partial charge in [-0.3, -0.25) is 15.0 Å². The Kier molecular flexibility index (Phi) is 22.5. The Morgan fingerprint density at radius 2 is 0.497 bits per heavy atom. The molecule has 0 spiro atoms. The third-order valence-electron chi connectivity index (χ3n) is 29.0. The van der Waals surface area contributed by atoms with Gasteiger partial charge in [-0.05, 0) is 206 Å². The molecule has 6 heterocycles. The van der Waals surface area contributed by atoms with Crippen LogP contribution in [0.4, 0.5) is 0 Å². The average Bonchev–Trinajstić information content (AvgIpc) is 1.55. The van der Waals surface area contributed by atoms with Crippen molar-refractivity contribution in [2.24, 2.45) is 0 Å². The maximum atomic E-state index is 5.06. The van der Waals surface area contributed by atoms with E-state index in [1.807, 2.05) is 128 Å². The standard InChI is InChI=1S/2C46H33N3.C42H31N3/c1-46(2)40-27-35(22-24-38(40)39-25-21-31-11-9-10-16-37(31)44(39)46)30-17-19-33(20-18-30)42-28-43(49-45(48-42)34-14-7-4-8-15-34)36-23-26-41(47-29-36)32-12-5-3-6-13-32;1-46(2)40-23-21-33-8-6-7-11-38(33)44(40)39-22-20-37(28-41(39)46)31-14-18-35(19-15-31)43-29-42(48-45(49-43)36-9-4-3-5-10-36)34-16-12-30(13-17-34)32-24-26-47-27-25-32;1-42(2)36-13-7-6-12-34(36)35-26-33(23-24-37(35)42)28-15-17-30(18-16-28)39-27-40(45-41(44-39)32-10-4-3-5-11-32)31-21-19-29(20-22-31)38-14-8-9-25-43-38/h2*3-29H,1-2H3;3-27H,1-2H3. The average molecular weight is 1830 g/mol. The van der Waals surface area contributed by atoms with Gasteiger partial charge in [0.2, 0.25) is 0 Å². The summed E-state index contributed by atoms with van der Waals surface area (Å²) in [6.45, 7) is 14.1. The molecular weight excluding hydrogens is 1740 g/mol. The van der Waals surface area contributed by atoms with Gasteiger partial charge in [-0.15, -0.1) is 0 Å². The Morgan fingerprint density at radius 3 is 0.986 bits per heavy atom. The third kappa shape index (κ3) is 16.7. The van der Waals surface area contributed by atoms with Crippen LogP contribution in [-0.4, -0.2) is 44.9 Å². The van der Waals surface area contributed by atoms with Crippen molar-refractivity contribution in [3.05, 3.63) is 513 Å². The molecule has 3 aliphatic carbocycles. The van der Waals surface area contributed by atoms with Crippen molar-refractivity contribution < 1.29 is 0 Å². The Balaban J connectivity index is 0.000000116. The largest absolute Gasteiger partial charge is 0.265 e. The topological polar surface area (TPSA) is 116 Å². The van der Waals surface area contributed by atoms with Crippen LogP contribution in [0.3, 0.4) is 0 Å². The summed E-state index contributed by atoms with van der Waals surface area (Å²) in [4.78, 5) is 43.6. The van der Waals surface area contributed by atoms with E-state index < -0.39 is 0 Å². The van der Waals surface area contributed by atoms with Crippen LogP contribution in [0.1, 0.15) is 74.9 Å². The maximum Gasteiger partial charge on any atom is 0.160 e. The molecule has 143 heavy (non-hydrogen) atoms. The zero-order chi connectivity index (χ0) is 96.3. The van der Waals surface area contributed by atoms with Crippen LogP contribution in [0.25, 0.3) is 224 Å². The Hall–Kier alpha value is -18.1. The SMILES string of the molecule is CC1(C)c2cc(-c3ccc(-c4cc(-c5ccc(-c6ccccc6)nc5)nc(-c5ccccc5)n4)cc3)ccc2-c2ccc3ccccc3c21.CC1(C)c2cc(-c3ccc(-c4cc(-c5ccc(-c6ccncc6)cc5)nc(-c5ccccc5)n4)cc3)ccc2-c2c1ccc1ccccc21.CC1(C)c2ccccc2-c2cc(-c3ccc(-c4cc(-c5ccc(-c6ccccn6)cc5)nc(-c5ccccc5)n4)cc3)ccc21. The first-order valence-corrected chi connectivity index (χ1v) is 48.9. The molecule has 0 radical (unpaired) electrons. The summed E-state index contributed by atoms with van der Waals surface area (Å²) >= 11 is 0.